The van der Waals surface area contributed by atoms with Gasteiger partial charge in [-0.3, -0.25) is 4.79 Å². The molecule has 0 fully saturated rings. The lowest BCUT2D eigenvalue weighted by Crippen LogP contribution is -2.35. The number of carbonyl (C=O) groups excluding carboxylic acids is 1. The molecule has 0 bridgehead atoms. The van der Waals surface area contributed by atoms with Crippen LogP contribution in [0.25, 0.3) is 0 Å². The van der Waals surface area contributed by atoms with E-state index in [1.807, 2.05) is 32.9 Å². The first-order valence-electron chi connectivity index (χ1n) is 6.25. The number of rotatable bonds is 7. The van der Waals surface area contributed by atoms with E-state index in [-0.39, 0.29) is 12.2 Å². The minimum atomic E-state index is -0.380. The fraction of sp³-hybridized carbons (Fsp3) is 0.500. The van der Waals surface area contributed by atoms with Crippen LogP contribution in [-0.2, 0) is 9.47 Å². The Morgan fingerprint density at radius 3 is 2.22 bits per heavy atom. The zero-order valence-electron chi connectivity index (χ0n) is 11.2. The predicted molar refractivity (Wildman–Crippen MR) is 70.6 cm³/mol. The summed E-state index contributed by atoms with van der Waals surface area (Å²) in [7, 11) is 0. The molecule has 0 spiro atoms. The minimum absolute atomic E-state index is 0.112. The summed E-state index contributed by atoms with van der Waals surface area (Å²) in [5, 5.41) is 2.80. The Labute approximate surface area is 108 Å². The van der Waals surface area contributed by atoms with Gasteiger partial charge in [0.05, 0.1) is 6.54 Å². The van der Waals surface area contributed by atoms with Crippen LogP contribution >= 0.6 is 0 Å². The van der Waals surface area contributed by atoms with Crippen molar-refractivity contribution in [3.63, 3.8) is 0 Å². The number of nitrogens with one attached hydrogen (secondary N) is 1. The van der Waals surface area contributed by atoms with E-state index >= 15 is 0 Å². The summed E-state index contributed by atoms with van der Waals surface area (Å²) in [6.45, 7) is 7.26. The lowest BCUT2D eigenvalue weighted by atomic mass is 10.1. The van der Waals surface area contributed by atoms with Crippen LogP contribution in [0, 0.1) is 6.92 Å². The molecule has 1 aromatic carbocycles. The zero-order chi connectivity index (χ0) is 13.4. The van der Waals surface area contributed by atoms with Crippen LogP contribution in [0.15, 0.2) is 24.3 Å². The molecule has 0 unspecified atom stereocenters. The molecule has 4 heteroatoms. The summed E-state index contributed by atoms with van der Waals surface area (Å²) in [4.78, 5) is 11.8. The fourth-order valence-electron chi connectivity index (χ4n) is 1.52. The quantitative estimate of drug-likeness (QED) is 0.755. The highest BCUT2D eigenvalue weighted by molar-refractivity contribution is 5.94. The first kappa shape index (κ1) is 14.7. The van der Waals surface area contributed by atoms with E-state index in [1.54, 1.807) is 12.1 Å². The van der Waals surface area contributed by atoms with Crippen molar-refractivity contribution in [1.29, 1.82) is 0 Å². The van der Waals surface area contributed by atoms with E-state index in [9.17, 15) is 4.79 Å². The highest BCUT2D eigenvalue weighted by atomic mass is 16.7. The molecule has 0 saturated carbocycles. The Kier molecular flexibility index (Phi) is 6.39. The lowest BCUT2D eigenvalue weighted by Gasteiger charge is -2.17. The number of benzene rings is 1. The second kappa shape index (κ2) is 7.84. The van der Waals surface area contributed by atoms with Crippen LogP contribution in [0.4, 0.5) is 0 Å². The fourth-order valence-corrected chi connectivity index (χ4v) is 1.52. The standard InChI is InChI=1S/C14H21NO3/c1-4-17-13(18-5-2)10-15-14(16)12-8-6-11(3)7-9-12/h6-9,13H,4-5,10H2,1-3H3,(H,15,16). The first-order chi connectivity index (χ1) is 8.67. The molecule has 0 aliphatic carbocycles. The van der Waals surface area contributed by atoms with Crippen molar-refractivity contribution >= 4 is 5.91 Å². The molecule has 1 rings (SSSR count). The summed E-state index contributed by atoms with van der Waals surface area (Å²) in [6.07, 6.45) is -0.380. The molecule has 100 valence electrons. The molecule has 1 amide bonds. The monoisotopic (exact) mass is 251 g/mol. The van der Waals surface area contributed by atoms with Gasteiger partial charge in [0.1, 0.15) is 0 Å². The summed E-state index contributed by atoms with van der Waals surface area (Å²) in [5.41, 5.74) is 1.78. The molecule has 0 aliphatic rings. The molecular weight excluding hydrogens is 230 g/mol. The van der Waals surface area contributed by atoms with Crippen molar-refractivity contribution in [2.45, 2.75) is 27.1 Å². The summed E-state index contributed by atoms with van der Waals surface area (Å²) < 4.78 is 10.7. The van der Waals surface area contributed by atoms with Crippen molar-refractivity contribution in [2.24, 2.45) is 0 Å². The Morgan fingerprint density at radius 2 is 1.72 bits per heavy atom. The maximum atomic E-state index is 11.8. The number of hydrogen-bond donors (Lipinski definition) is 1. The van der Waals surface area contributed by atoms with Gasteiger partial charge < -0.3 is 14.8 Å². The van der Waals surface area contributed by atoms with Crippen LogP contribution in [-0.4, -0.2) is 32.0 Å². The molecule has 0 aromatic heterocycles. The molecule has 18 heavy (non-hydrogen) atoms. The molecule has 0 radical (unpaired) electrons. The van der Waals surface area contributed by atoms with Crippen molar-refractivity contribution in [3.05, 3.63) is 35.4 Å². The maximum Gasteiger partial charge on any atom is 0.251 e. The normalized spacial score (nSPS) is 10.7. The molecule has 1 aromatic rings. The van der Waals surface area contributed by atoms with Gasteiger partial charge in [-0.25, -0.2) is 0 Å². The molecule has 0 heterocycles. The Balaban J connectivity index is 2.46. The largest absolute Gasteiger partial charge is 0.351 e. The van der Waals surface area contributed by atoms with Gasteiger partial charge in [0.25, 0.3) is 5.91 Å². The molecule has 4 nitrogen and oxygen atoms in total. The van der Waals surface area contributed by atoms with Gasteiger partial charge in [-0.15, -0.1) is 0 Å². The number of ether oxygens (including phenoxy) is 2. The lowest BCUT2D eigenvalue weighted by molar-refractivity contribution is -0.131. The summed E-state index contributed by atoms with van der Waals surface area (Å²) in [5.74, 6) is -0.112. The van der Waals surface area contributed by atoms with Crippen molar-refractivity contribution in [1.82, 2.24) is 5.32 Å². The third-order valence-corrected chi connectivity index (χ3v) is 2.45. The first-order valence-corrected chi connectivity index (χ1v) is 6.25. The van der Waals surface area contributed by atoms with E-state index in [1.165, 1.54) is 0 Å². The smallest absolute Gasteiger partial charge is 0.251 e. The van der Waals surface area contributed by atoms with Crippen LogP contribution in [0.1, 0.15) is 29.8 Å². The molecular formula is C14H21NO3. The van der Waals surface area contributed by atoms with Crippen LogP contribution in [0.5, 0.6) is 0 Å². The zero-order valence-corrected chi connectivity index (χ0v) is 11.2. The average molecular weight is 251 g/mol. The third kappa shape index (κ3) is 4.85. The summed E-state index contributed by atoms with van der Waals surface area (Å²) >= 11 is 0. The van der Waals surface area contributed by atoms with Gasteiger partial charge in [0, 0.05) is 18.8 Å². The van der Waals surface area contributed by atoms with Crippen LogP contribution < -0.4 is 5.32 Å². The predicted octanol–water partition coefficient (Wildman–Crippen LogP) is 2.12. The number of aryl methyl sites for hydroxylation is 1. The molecule has 0 saturated heterocycles. The van der Waals surface area contributed by atoms with Crippen LogP contribution in [0.2, 0.25) is 0 Å². The number of hydrogen-bond acceptors (Lipinski definition) is 3. The third-order valence-electron chi connectivity index (χ3n) is 2.45. The van der Waals surface area contributed by atoms with E-state index in [0.717, 1.165) is 5.56 Å². The second-order valence-corrected chi connectivity index (χ2v) is 3.92. The van der Waals surface area contributed by atoms with E-state index in [2.05, 4.69) is 5.32 Å². The number of amides is 1. The minimum Gasteiger partial charge on any atom is -0.351 e. The van der Waals surface area contributed by atoms with Gasteiger partial charge in [-0.1, -0.05) is 17.7 Å². The molecule has 0 atom stereocenters. The van der Waals surface area contributed by atoms with Gasteiger partial charge in [-0.05, 0) is 32.9 Å². The van der Waals surface area contributed by atoms with Gasteiger partial charge in [0.2, 0.25) is 0 Å². The van der Waals surface area contributed by atoms with Crippen molar-refractivity contribution in [2.75, 3.05) is 19.8 Å². The van der Waals surface area contributed by atoms with Gasteiger partial charge in [0.15, 0.2) is 6.29 Å². The van der Waals surface area contributed by atoms with Crippen molar-refractivity contribution in [3.8, 4) is 0 Å². The highest BCUT2D eigenvalue weighted by Crippen LogP contribution is 2.03. The Hall–Kier alpha value is -1.39. The van der Waals surface area contributed by atoms with E-state index in [4.69, 9.17) is 9.47 Å². The summed E-state index contributed by atoms with van der Waals surface area (Å²) in [6, 6.07) is 7.44. The highest BCUT2D eigenvalue weighted by Gasteiger charge is 2.11. The van der Waals surface area contributed by atoms with Crippen molar-refractivity contribution < 1.29 is 14.3 Å². The molecule has 1 N–H and O–H groups in total. The van der Waals surface area contributed by atoms with Gasteiger partial charge in [-0.2, -0.15) is 0 Å². The Bertz CT molecular complexity index is 356. The molecule has 0 aliphatic heterocycles. The second-order valence-electron chi connectivity index (χ2n) is 3.92. The Morgan fingerprint density at radius 1 is 1.17 bits per heavy atom. The topological polar surface area (TPSA) is 47.6 Å². The van der Waals surface area contributed by atoms with E-state index < -0.39 is 0 Å². The van der Waals surface area contributed by atoms with E-state index in [0.29, 0.717) is 25.3 Å². The maximum absolute atomic E-state index is 11.8. The SMILES string of the molecule is CCOC(CNC(=O)c1ccc(C)cc1)OCC. The van der Waals surface area contributed by atoms with Gasteiger partial charge >= 0.3 is 0 Å². The number of carbonyl (C=O) groups is 1. The average Bonchev–Trinajstić information content (AvgIpc) is 2.37. The van der Waals surface area contributed by atoms with Crippen LogP contribution in [0.3, 0.4) is 0 Å².